The molecule has 0 radical (unpaired) electrons. The molecule has 0 saturated heterocycles. The van der Waals surface area contributed by atoms with E-state index in [-0.39, 0.29) is 16.4 Å². The summed E-state index contributed by atoms with van der Waals surface area (Å²) in [6.45, 7) is 1.64. The standard InChI is InChI=1S/C14H10Cl2N2O4/c1-7-4-13(18-22-7)17-14(21)12(20)6-11(19)8-2-3-9(15)10(16)5-8/h2-5H,6H2,1H3,(H,17,18,21). The molecule has 0 aliphatic carbocycles. The van der Waals surface area contributed by atoms with Crippen LogP contribution in [-0.4, -0.2) is 22.6 Å². The minimum absolute atomic E-state index is 0.109. The van der Waals surface area contributed by atoms with Gasteiger partial charge in [0.15, 0.2) is 11.6 Å². The molecule has 1 N–H and O–H groups in total. The van der Waals surface area contributed by atoms with Crippen molar-refractivity contribution in [1.82, 2.24) is 5.16 Å². The first-order valence-corrected chi connectivity index (χ1v) is 6.88. The Hall–Kier alpha value is -2.18. The van der Waals surface area contributed by atoms with Crippen LogP contribution in [0.2, 0.25) is 10.0 Å². The Kier molecular flexibility index (Phi) is 4.95. The number of aryl methyl sites for hydroxylation is 1. The fourth-order valence-corrected chi connectivity index (χ4v) is 1.91. The van der Waals surface area contributed by atoms with Crippen molar-refractivity contribution in [2.24, 2.45) is 0 Å². The van der Waals surface area contributed by atoms with Crippen LogP contribution in [0.4, 0.5) is 5.82 Å². The second-order valence-corrected chi connectivity index (χ2v) is 5.24. The van der Waals surface area contributed by atoms with E-state index < -0.39 is 23.9 Å². The van der Waals surface area contributed by atoms with Crippen LogP contribution >= 0.6 is 23.2 Å². The average Bonchev–Trinajstić information content (AvgIpc) is 2.86. The summed E-state index contributed by atoms with van der Waals surface area (Å²) in [5, 5.41) is 6.26. The number of halogens is 2. The molecule has 0 bridgehead atoms. The van der Waals surface area contributed by atoms with E-state index in [1.807, 2.05) is 0 Å². The molecule has 0 spiro atoms. The zero-order chi connectivity index (χ0) is 16.3. The SMILES string of the molecule is Cc1cc(NC(=O)C(=O)CC(=O)c2ccc(Cl)c(Cl)c2)no1. The molecule has 0 fully saturated rings. The van der Waals surface area contributed by atoms with Crippen LogP contribution in [0.15, 0.2) is 28.8 Å². The summed E-state index contributed by atoms with van der Waals surface area (Å²) < 4.78 is 4.75. The van der Waals surface area contributed by atoms with Gasteiger partial charge in [-0.2, -0.15) is 0 Å². The van der Waals surface area contributed by atoms with E-state index in [9.17, 15) is 14.4 Å². The molecule has 1 aromatic carbocycles. The Bertz CT molecular complexity index is 755. The van der Waals surface area contributed by atoms with Gasteiger partial charge in [0.05, 0.1) is 16.5 Å². The summed E-state index contributed by atoms with van der Waals surface area (Å²) in [4.78, 5) is 35.4. The molecular weight excluding hydrogens is 331 g/mol. The van der Waals surface area contributed by atoms with Crippen molar-refractivity contribution >= 4 is 46.5 Å². The second kappa shape index (κ2) is 6.72. The van der Waals surface area contributed by atoms with E-state index in [0.717, 1.165) is 0 Å². The predicted octanol–water partition coefficient (Wildman–Crippen LogP) is 3.07. The maximum Gasteiger partial charge on any atom is 0.293 e. The monoisotopic (exact) mass is 340 g/mol. The first-order chi connectivity index (χ1) is 10.4. The third kappa shape index (κ3) is 3.93. The molecule has 114 valence electrons. The number of rotatable bonds is 5. The van der Waals surface area contributed by atoms with Gasteiger partial charge in [0.25, 0.3) is 5.91 Å². The van der Waals surface area contributed by atoms with Crippen LogP contribution in [0.1, 0.15) is 22.5 Å². The Morgan fingerprint density at radius 2 is 1.91 bits per heavy atom. The third-order valence-corrected chi connectivity index (χ3v) is 3.42. The molecule has 2 aromatic rings. The number of hydrogen-bond acceptors (Lipinski definition) is 5. The van der Waals surface area contributed by atoms with E-state index in [0.29, 0.717) is 10.8 Å². The van der Waals surface area contributed by atoms with Crippen molar-refractivity contribution in [2.45, 2.75) is 13.3 Å². The number of aromatic nitrogens is 1. The van der Waals surface area contributed by atoms with E-state index in [2.05, 4.69) is 10.5 Å². The number of carbonyl (C=O) groups excluding carboxylic acids is 3. The van der Waals surface area contributed by atoms with Gasteiger partial charge in [-0.15, -0.1) is 0 Å². The Labute approximate surface area is 135 Å². The minimum atomic E-state index is -0.943. The van der Waals surface area contributed by atoms with Crippen LogP contribution in [-0.2, 0) is 9.59 Å². The highest BCUT2D eigenvalue weighted by atomic mass is 35.5. The average molecular weight is 341 g/mol. The maximum atomic E-state index is 11.9. The largest absolute Gasteiger partial charge is 0.360 e. The summed E-state index contributed by atoms with van der Waals surface area (Å²) in [6, 6.07) is 5.67. The first-order valence-electron chi connectivity index (χ1n) is 6.12. The normalized spacial score (nSPS) is 10.3. The minimum Gasteiger partial charge on any atom is -0.360 e. The lowest BCUT2D eigenvalue weighted by Gasteiger charge is -2.03. The number of hydrogen-bond donors (Lipinski definition) is 1. The Morgan fingerprint density at radius 1 is 1.18 bits per heavy atom. The van der Waals surface area contributed by atoms with Crippen LogP contribution in [0, 0.1) is 6.92 Å². The highest BCUT2D eigenvalue weighted by Gasteiger charge is 2.20. The van der Waals surface area contributed by atoms with E-state index in [4.69, 9.17) is 27.7 Å². The summed E-state index contributed by atoms with van der Waals surface area (Å²) in [7, 11) is 0. The van der Waals surface area contributed by atoms with Gasteiger partial charge in [-0.3, -0.25) is 14.4 Å². The smallest absolute Gasteiger partial charge is 0.293 e. The fourth-order valence-electron chi connectivity index (χ4n) is 1.61. The lowest BCUT2D eigenvalue weighted by atomic mass is 10.1. The van der Waals surface area contributed by atoms with Crippen molar-refractivity contribution in [3.63, 3.8) is 0 Å². The molecule has 6 nitrogen and oxygen atoms in total. The zero-order valence-electron chi connectivity index (χ0n) is 11.4. The van der Waals surface area contributed by atoms with Crippen LogP contribution in [0.5, 0.6) is 0 Å². The molecule has 0 aliphatic heterocycles. The van der Waals surface area contributed by atoms with Gasteiger partial charge in [0.1, 0.15) is 5.76 Å². The topological polar surface area (TPSA) is 89.3 Å². The maximum absolute atomic E-state index is 11.9. The van der Waals surface area contributed by atoms with E-state index in [1.54, 1.807) is 6.92 Å². The Morgan fingerprint density at radius 3 is 2.50 bits per heavy atom. The molecule has 2 rings (SSSR count). The van der Waals surface area contributed by atoms with Crippen LogP contribution in [0.25, 0.3) is 0 Å². The molecule has 1 amide bonds. The van der Waals surface area contributed by atoms with E-state index in [1.165, 1.54) is 24.3 Å². The number of benzene rings is 1. The molecule has 1 heterocycles. The third-order valence-electron chi connectivity index (χ3n) is 2.69. The highest BCUT2D eigenvalue weighted by molar-refractivity contribution is 6.44. The van der Waals surface area contributed by atoms with Gasteiger partial charge in [0, 0.05) is 11.6 Å². The molecule has 0 aliphatic rings. The van der Waals surface area contributed by atoms with Crippen molar-refractivity contribution < 1.29 is 18.9 Å². The van der Waals surface area contributed by atoms with Crippen LogP contribution in [0.3, 0.4) is 0 Å². The molecule has 0 saturated carbocycles. The van der Waals surface area contributed by atoms with Gasteiger partial charge >= 0.3 is 0 Å². The molecular formula is C14H10Cl2N2O4. The number of anilines is 1. The number of nitrogens with zero attached hydrogens (tertiary/aromatic N) is 1. The van der Waals surface area contributed by atoms with Crippen molar-refractivity contribution in [1.29, 1.82) is 0 Å². The van der Waals surface area contributed by atoms with Gasteiger partial charge in [-0.05, 0) is 25.1 Å². The summed E-state index contributed by atoms with van der Waals surface area (Å²) in [6.07, 6.45) is -0.583. The van der Waals surface area contributed by atoms with Gasteiger partial charge < -0.3 is 9.84 Å². The van der Waals surface area contributed by atoms with Crippen molar-refractivity contribution in [3.05, 3.63) is 45.6 Å². The quantitative estimate of drug-likeness (QED) is 0.513. The number of amides is 1. The number of carbonyl (C=O) groups is 3. The van der Waals surface area contributed by atoms with Gasteiger partial charge in [-0.25, -0.2) is 0 Å². The highest BCUT2D eigenvalue weighted by Crippen LogP contribution is 2.23. The van der Waals surface area contributed by atoms with Crippen molar-refractivity contribution in [2.75, 3.05) is 5.32 Å². The fraction of sp³-hybridized carbons (Fsp3) is 0.143. The van der Waals surface area contributed by atoms with Gasteiger partial charge in [0.2, 0.25) is 5.78 Å². The van der Waals surface area contributed by atoms with Crippen LogP contribution < -0.4 is 5.32 Å². The zero-order valence-corrected chi connectivity index (χ0v) is 12.9. The molecule has 8 heteroatoms. The molecule has 0 unspecified atom stereocenters. The molecule has 22 heavy (non-hydrogen) atoms. The number of ketones is 2. The molecule has 1 aromatic heterocycles. The van der Waals surface area contributed by atoms with Crippen molar-refractivity contribution in [3.8, 4) is 0 Å². The lowest BCUT2D eigenvalue weighted by Crippen LogP contribution is -2.25. The second-order valence-electron chi connectivity index (χ2n) is 4.43. The van der Waals surface area contributed by atoms with Gasteiger partial charge in [-0.1, -0.05) is 28.4 Å². The first kappa shape index (κ1) is 16.2. The Balaban J connectivity index is 1.99. The summed E-state index contributed by atoms with van der Waals surface area (Å²) in [5.74, 6) is -1.78. The number of nitrogens with one attached hydrogen (secondary N) is 1. The summed E-state index contributed by atoms with van der Waals surface area (Å²) >= 11 is 11.5. The number of Topliss-reactive ketones (excluding diaryl/α,β-unsaturated/α-hetero) is 2. The summed E-state index contributed by atoms with van der Waals surface area (Å²) in [5.41, 5.74) is 0.202. The predicted molar refractivity (Wildman–Crippen MR) is 80.3 cm³/mol. The van der Waals surface area contributed by atoms with E-state index >= 15 is 0 Å². The molecule has 0 atom stereocenters. The lowest BCUT2D eigenvalue weighted by molar-refractivity contribution is -0.134.